The van der Waals surface area contributed by atoms with Crippen LogP contribution in [0.3, 0.4) is 0 Å². The first-order valence-electron chi connectivity index (χ1n) is 4.13. The van der Waals surface area contributed by atoms with Gasteiger partial charge in [0.25, 0.3) is 0 Å². The minimum atomic E-state index is -0.750. The van der Waals surface area contributed by atoms with E-state index in [0.29, 0.717) is 10.0 Å². The number of hydrogen-bond donors (Lipinski definition) is 0. The third-order valence-electron chi connectivity index (χ3n) is 2.01. The summed E-state index contributed by atoms with van der Waals surface area (Å²) in [4.78, 5) is 11.3. The van der Waals surface area contributed by atoms with Crippen LogP contribution in [0.5, 0.6) is 5.75 Å². The van der Waals surface area contributed by atoms with Crippen molar-refractivity contribution in [3.63, 3.8) is 0 Å². The minimum absolute atomic E-state index is 0.180. The Morgan fingerprint density at radius 1 is 1.47 bits per heavy atom. The van der Waals surface area contributed by atoms with Crippen LogP contribution in [0.4, 0.5) is 4.39 Å². The third kappa shape index (κ3) is 2.12. The van der Waals surface area contributed by atoms with Gasteiger partial charge in [0.05, 0.1) is 14.2 Å². The van der Waals surface area contributed by atoms with E-state index in [0.717, 1.165) is 0 Å². The summed E-state index contributed by atoms with van der Waals surface area (Å²) in [6.07, 6.45) is 0. The van der Waals surface area contributed by atoms with Gasteiger partial charge in [0.2, 0.25) is 0 Å². The van der Waals surface area contributed by atoms with Gasteiger partial charge in [-0.05, 0) is 13.0 Å². The van der Waals surface area contributed by atoms with Crippen LogP contribution in [0, 0.1) is 12.7 Å². The van der Waals surface area contributed by atoms with Gasteiger partial charge >= 0.3 is 5.97 Å². The van der Waals surface area contributed by atoms with Crippen molar-refractivity contribution in [1.29, 1.82) is 0 Å². The number of carbonyl (C=O) groups excluding carboxylic acids is 1. The molecule has 0 saturated heterocycles. The van der Waals surface area contributed by atoms with Gasteiger partial charge in [-0.2, -0.15) is 0 Å². The molecule has 1 aromatic carbocycles. The fourth-order valence-electron chi connectivity index (χ4n) is 1.24. The number of hydrogen-bond acceptors (Lipinski definition) is 3. The summed E-state index contributed by atoms with van der Waals surface area (Å²) >= 11 is 3.17. The zero-order valence-corrected chi connectivity index (χ0v) is 10.1. The predicted molar refractivity (Wildman–Crippen MR) is 56.7 cm³/mol. The summed E-state index contributed by atoms with van der Waals surface area (Å²) < 4.78 is 23.5. The van der Waals surface area contributed by atoms with Crippen molar-refractivity contribution in [2.75, 3.05) is 14.2 Å². The van der Waals surface area contributed by atoms with Crippen LogP contribution in [0.15, 0.2) is 10.5 Å². The van der Waals surface area contributed by atoms with E-state index in [2.05, 4.69) is 20.7 Å². The molecule has 3 nitrogen and oxygen atoms in total. The average Bonchev–Trinajstić information content (AvgIpc) is 2.21. The van der Waals surface area contributed by atoms with E-state index in [-0.39, 0.29) is 11.3 Å². The Kier molecular flexibility index (Phi) is 3.68. The molecule has 0 fully saturated rings. The molecule has 5 heteroatoms. The number of ether oxygens (including phenoxy) is 2. The van der Waals surface area contributed by atoms with Crippen LogP contribution >= 0.6 is 15.9 Å². The van der Waals surface area contributed by atoms with Crippen LogP contribution in [-0.4, -0.2) is 20.2 Å². The topological polar surface area (TPSA) is 35.5 Å². The Labute approximate surface area is 95.3 Å². The van der Waals surface area contributed by atoms with E-state index in [9.17, 15) is 9.18 Å². The van der Waals surface area contributed by atoms with Gasteiger partial charge in [-0.3, -0.25) is 0 Å². The monoisotopic (exact) mass is 276 g/mol. The second-order valence-electron chi connectivity index (χ2n) is 2.87. The highest BCUT2D eigenvalue weighted by molar-refractivity contribution is 9.10. The molecule has 1 rings (SSSR count). The summed E-state index contributed by atoms with van der Waals surface area (Å²) in [5.74, 6) is -1.23. The molecule has 15 heavy (non-hydrogen) atoms. The van der Waals surface area contributed by atoms with E-state index in [4.69, 9.17) is 4.74 Å². The van der Waals surface area contributed by atoms with Crippen molar-refractivity contribution in [3.8, 4) is 5.75 Å². The highest BCUT2D eigenvalue weighted by atomic mass is 79.9. The molecule has 0 aliphatic heterocycles. The third-order valence-corrected chi connectivity index (χ3v) is 2.84. The summed E-state index contributed by atoms with van der Waals surface area (Å²) in [5.41, 5.74) is 0.472. The van der Waals surface area contributed by atoms with E-state index >= 15 is 0 Å². The lowest BCUT2D eigenvalue weighted by Gasteiger charge is -2.12. The summed E-state index contributed by atoms with van der Waals surface area (Å²) in [6, 6.07) is 1.21. The Morgan fingerprint density at radius 2 is 2.07 bits per heavy atom. The van der Waals surface area contributed by atoms with Crippen LogP contribution in [-0.2, 0) is 4.74 Å². The van der Waals surface area contributed by atoms with Crippen LogP contribution < -0.4 is 4.74 Å². The standard InChI is InChI=1S/C10H10BrFO3/c1-5-6(11)4-7(12)8(9(5)14-2)10(13)15-3/h4H,1-3H3. The first-order valence-corrected chi connectivity index (χ1v) is 4.93. The molecule has 0 aliphatic rings. The molecule has 0 saturated carbocycles. The maximum absolute atomic E-state index is 13.5. The minimum Gasteiger partial charge on any atom is -0.495 e. The molecule has 0 aromatic heterocycles. The Balaban J connectivity index is 3.49. The van der Waals surface area contributed by atoms with E-state index in [1.54, 1.807) is 6.92 Å². The fourth-order valence-corrected chi connectivity index (χ4v) is 1.62. The molecule has 0 N–H and O–H groups in total. The van der Waals surface area contributed by atoms with Crippen molar-refractivity contribution in [3.05, 3.63) is 27.5 Å². The molecule has 82 valence electrons. The van der Waals surface area contributed by atoms with Crippen LogP contribution in [0.25, 0.3) is 0 Å². The van der Waals surface area contributed by atoms with Gasteiger partial charge < -0.3 is 9.47 Å². The van der Waals surface area contributed by atoms with Crippen molar-refractivity contribution in [2.45, 2.75) is 6.92 Å². The lowest BCUT2D eigenvalue weighted by Crippen LogP contribution is -2.08. The molecular formula is C10H10BrFO3. The molecule has 0 atom stereocenters. The van der Waals surface area contributed by atoms with E-state index < -0.39 is 11.8 Å². The number of esters is 1. The largest absolute Gasteiger partial charge is 0.495 e. The number of rotatable bonds is 2. The zero-order chi connectivity index (χ0) is 11.6. The van der Waals surface area contributed by atoms with E-state index in [1.165, 1.54) is 20.3 Å². The molecule has 0 aliphatic carbocycles. The Hall–Kier alpha value is -1.10. The second-order valence-corrected chi connectivity index (χ2v) is 3.72. The normalized spacial score (nSPS) is 9.93. The summed E-state index contributed by atoms with van der Waals surface area (Å²) in [7, 11) is 2.57. The number of halogens is 2. The van der Waals surface area contributed by atoms with Gasteiger partial charge in [0.15, 0.2) is 0 Å². The molecule has 0 amide bonds. The quantitative estimate of drug-likeness (QED) is 0.780. The highest BCUT2D eigenvalue weighted by Gasteiger charge is 2.22. The number of benzene rings is 1. The molecule has 0 heterocycles. The van der Waals surface area contributed by atoms with Crippen molar-refractivity contribution in [1.82, 2.24) is 0 Å². The van der Waals surface area contributed by atoms with Crippen molar-refractivity contribution in [2.24, 2.45) is 0 Å². The van der Waals surface area contributed by atoms with Gasteiger partial charge in [0.1, 0.15) is 17.1 Å². The van der Waals surface area contributed by atoms with Gasteiger partial charge in [0, 0.05) is 10.0 Å². The lowest BCUT2D eigenvalue weighted by molar-refractivity contribution is 0.0591. The van der Waals surface area contributed by atoms with Crippen molar-refractivity contribution < 1.29 is 18.7 Å². The maximum atomic E-state index is 13.5. The molecule has 0 spiro atoms. The number of methoxy groups -OCH3 is 2. The highest BCUT2D eigenvalue weighted by Crippen LogP contribution is 2.32. The fraction of sp³-hybridized carbons (Fsp3) is 0.300. The van der Waals surface area contributed by atoms with Gasteiger partial charge in [-0.15, -0.1) is 0 Å². The zero-order valence-electron chi connectivity index (χ0n) is 8.56. The van der Waals surface area contributed by atoms with Gasteiger partial charge in [-0.25, -0.2) is 9.18 Å². The predicted octanol–water partition coefficient (Wildman–Crippen LogP) is 2.69. The molecule has 1 aromatic rings. The molecular weight excluding hydrogens is 267 g/mol. The summed E-state index contributed by atoms with van der Waals surface area (Å²) in [5, 5.41) is 0. The van der Waals surface area contributed by atoms with Crippen molar-refractivity contribution >= 4 is 21.9 Å². The average molecular weight is 277 g/mol. The number of carbonyl (C=O) groups is 1. The second kappa shape index (κ2) is 4.61. The van der Waals surface area contributed by atoms with Crippen LogP contribution in [0.2, 0.25) is 0 Å². The first-order chi connectivity index (χ1) is 7.02. The first kappa shape index (κ1) is 12.0. The maximum Gasteiger partial charge on any atom is 0.344 e. The summed E-state index contributed by atoms with van der Waals surface area (Å²) in [6.45, 7) is 1.72. The lowest BCUT2D eigenvalue weighted by atomic mass is 10.1. The van der Waals surface area contributed by atoms with Crippen LogP contribution in [0.1, 0.15) is 15.9 Å². The van der Waals surface area contributed by atoms with E-state index in [1.807, 2.05) is 0 Å². The Bertz CT molecular complexity index is 404. The van der Waals surface area contributed by atoms with Gasteiger partial charge in [-0.1, -0.05) is 15.9 Å². The SMILES string of the molecule is COC(=O)c1c(F)cc(Br)c(C)c1OC. The molecule has 0 radical (unpaired) electrons. The Morgan fingerprint density at radius 3 is 2.53 bits per heavy atom. The smallest absolute Gasteiger partial charge is 0.344 e. The molecule has 0 bridgehead atoms. The molecule has 0 unspecified atom stereocenters.